The Morgan fingerprint density at radius 3 is 2.57 bits per heavy atom. The van der Waals surface area contributed by atoms with E-state index in [0.717, 1.165) is 0 Å². The van der Waals surface area contributed by atoms with Gasteiger partial charge in [-0.2, -0.15) is 0 Å². The largest absolute Gasteiger partial charge is 0.461 e. The van der Waals surface area contributed by atoms with E-state index in [4.69, 9.17) is 20.5 Å². The van der Waals surface area contributed by atoms with Gasteiger partial charge in [0, 0.05) is 11.8 Å². The van der Waals surface area contributed by atoms with Gasteiger partial charge < -0.3 is 14.3 Å². The fourth-order valence-electron chi connectivity index (χ4n) is 2.60. The number of nitrogens with zero attached hydrogens (tertiary/aromatic N) is 1. The highest BCUT2D eigenvalue weighted by molar-refractivity contribution is 7.92. The number of sulfonamides is 1. The molecule has 0 bridgehead atoms. The predicted octanol–water partition coefficient (Wildman–Crippen LogP) is 4.64. The lowest BCUT2D eigenvalue weighted by Crippen LogP contribution is -2.15. The molecule has 0 spiro atoms. The summed E-state index contributed by atoms with van der Waals surface area (Å²) in [6, 6.07) is 17.0. The molecule has 152 valence electrons. The number of hydrogen-bond donors (Lipinski definition) is 2. The molecule has 2 aromatic carbocycles. The Balaban J connectivity index is 1.52. The van der Waals surface area contributed by atoms with Gasteiger partial charge in [0.1, 0.15) is 0 Å². The Labute approximate surface area is 176 Å². The molecule has 2 aromatic heterocycles. The van der Waals surface area contributed by atoms with Crippen molar-refractivity contribution >= 4 is 38.9 Å². The van der Waals surface area contributed by atoms with Crippen LogP contribution in [0.15, 0.2) is 86.8 Å². The molecule has 0 aliphatic heterocycles. The summed E-state index contributed by atoms with van der Waals surface area (Å²) in [6.45, 7) is 0. The normalized spacial score (nSPS) is 11.2. The highest BCUT2D eigenvalue weighted by atomic mass is 35.5. The van der Waals surface area contributed by atoms with Gasteiger partial charge in [-0.3, -0.25) is 9.52 Å². The molecule has 0 radical (unpaired) electrons. The summed E-state index contributed by atoms with van der Waals surface area (Å²) in [5.74, 6) is 0.163. The number of carbonyl (C=O) groups is 1. The first-order valence-corrected chi connectivity index (χ1v) is 10.5. The highest BCUT2D eigenvalue weighted by Crippen LogP contribution is 2.25. The molecule has 8 nitrogen and oxygen atoms in total. The number of carbonyl (C=O) groups excluding carboxylic acids is 1. The van der Waals surface area contributed by atoms with Crippen molar-refractivity contribution in [2.45, 2.75) is 4.90 Å². The monoisotopic (exact) mass is 443 g/mol. The van der Waals surface area contributed by atoms with Gasteiger partial charge in [0.05, 0.1) is 21.9 Å². The summed E-state index contributed by atoms with van der Waals surface area (Å²) in [7, 11) is -3.92. The van der Waals surface area contributed by atoms with Gasteiger partial charge >= 0.3 is 0 Å². The van der Waals surface area contributed by atoms with Crippen LogP contribution in [0.5, 0.6) is 0 Å². The molecule has 0 unspecified atom stereocenters. The van der Waals surface area contributed by atoms with Gasteiger partial charge in [-0.05, 0) is 42.5 Å². The second-order valence-corrected chi connectivity index (χ2v) is 8.21. The third-order valence-electron chi connectivity index (χ3n) is 4.03. The van der Waals surface area contributed by atoms with Crippen molar-refractivity contribution in [3.05, 3.63) is 83.7 Å². The molecule has 30 heavy (non-hydrogen) atoms. The molecule has 4 aromatic rings. The van der Waals surface area contributed by atoms with Crippen molar-refractivity contribution < 1.29 is 22.2 Å². The number of furan rings is 1. The summed E-state index contributed by atoms with van der Waals surface area (Å²) < 4.78 is 38.1. The predicted molar refractivity (Wildman–Crippen MR) is 111 cm³/mol. The number of hydrogen-bond acceptors (Lipinski definition) is 6. The number of halogens is 1. The zero-order valence-electron chi connectivity index (χ0n) is 15.2. The molecule has 0 saturated carbocycles. The van der Waals surface area contributed by atoms with Crippen LogP contribution in [0, 0.1) is 0 Å². The van der Waals surface area contributed by atoms with E-state index in [-0.39, 0.29) is 27.0 Å². The van der Waals surface area contributed by atoms with Crippen molar-refractivity contribution in [1.29, 1.82) is 0 Å². The molecule has 0 aliphatic carbocycles. The lowest BCUT2D eigenvalue weighted by molar-refractivity contribution is 0.101. The maximum atomic E-state index is 12.7. The Kier molecular flexibility index (Phi) is 5.30. The first kappa shape index (κ1) is 19.7. The lowest BCUT2D eigenvalue weighted by atomic mass is 10.3. The Morgan fingerprint density at radius 1 is 0.967 bits per heavy atom. The third-order valence-corrected chi connectivity index (χ3v) is 5.72. The zero-order chi connectivity index (χ0) is 21.1. The molecule has 2 heterocycles. The van der Waals surface area contributed by atoms with Crippen molar-refractivity contribution in [1.82, 2.24) is 5.16 Å². The van der Waals surface area contributed by atoms with E-state index in [2.05, 4.69) is 15.2 Å². The smallest absolute Gasteiger partial charge is 0.277 e. The third kappa shape index (κ3) is 4.22. The topological polar surface area (TPSA) is 114 Å². The van der Waals surface area contributed by atoms with Crippen LogP contribution in [0.4, 0.5) is 11.4 Å². The first-order valence-electron chi connectivity index (χ1n) is 8.62. The number of para-hydroxylation sites is 1. The number of aromatic nitrogens is 1. The van der Waals surface area contributed by atoms with E-state index in [1.54, 1.807) is 42.5 Å². The second kappa shape index (κ2) is 8.05. The van der Waals surface area contributed by atoms with Crippen LogP contribution >= 0.6 is 11.6 Å². The van der Waals surface area contributed by atoms with Gasteiger partial charge in [-0.15, -0.1) is 0 Å². The maximum absolute atomic E-state index is 12.7. The second-order valence-electron chi connectivity index (χ2n) is 6.12. The van der Waals surface area contributed by atoms with Crippen LogP contribution in [0.3, 0.4) is 0 Å². The average Bonchev–Trinajstić information content (AvgIpc) is 3.42. The van der Waals surface area contributed by atoms with Crippen LogP contribution in [0.2, 0.25) is 5.02 Å². The van der Waals surface area contributed by atoms with Crippen LogP contribution < -0.4 is 10.0 Å². The fraction of sp³-hybridized carbons (Fsp3) is 0. The summed E-state index contributed by atoms with van der Waals surface area (Å²) >= 11 is 6.02. The van der Waals surface area contributed by atoms with Gasteiger partial charge in [0.25, 0.3) is 15.9 Å². The van der Waals surface area contributed by atoms with Crippen molar-refractivity contribution in [3.8, 4) is 11.5 Å². The molecule has 1 amide bonds. The minimum atomic E-state index is -3.92. The molecule has 0 atom stereocenters. The quantitative estimate of drug-likeness (QED) is 0.448. The average molecular weight is 444 g/mol. The van der Waals surface area contributed by atoms with E-state index in [0.29, 0.717) is 11.5 Å². The molecule has 0 fully saturated rings. The first-order chi connectivity index (χ1) is 14.4. The van der Waals surface area contributed by atoms with E-state index < -0.39 is 15.9 Å². The molecule has 4 rings (SSSR count). The minimum absolute atomic E-state index is 0.0175. The number of amides is 1. The van der Waals surface area contributed by atoms with Crippen LogP contribution in [-0.4, -0.2) is 19.5 Å². The van der Waals surface area contributed by atoms with Crippen molar-refractivity contribution in [3.63, 3.8) is 0 Å². The molecule has 0 saturated heterocycles. The molecule has 10 heteroatoms. The van der Waals surface area contributed by atoms with Gasteiger partial charge in [0.15, 0.2) is 11.5 Å². The summed E-state index contributed by atoms with van der Waals surface area (Å²) in [5, 5.41) is 6.57. The van der Waals surface area contributed by atoms with Crippen molar-refractivity contribution in [2.24, 2.45) is 0 Å². The summed E-state index contributed by atoms with van der Waals surface area (Å²) in [6.07, 6.45) is 1.47. The molecular formula is C20H14ClN3O5S. The number of rotatable bonds is 6. The van der Waals surface area contributed by atoms with E-state index in [1.807, 2.05) is 0 Å². The van der Waals surface area contributed by atoms with Crippen LogP contribution in [-0.2, 0) is 10.0 Å². The SMILES string of the molecule is O=C(Nc1cccc(S(=O)(=O)Nc2ccccc2Cl)c1)c1cc(-c2ccco2)on1. The van der Waals surface area contributed by atoms with Gasteiger partial charge in [-0.25, -0.2) is 8.42 Å². The number of nitrogens with one attached hydrogen (secondary N) is 2. The summed E-state index contributed by atoms with van der Waals surface area (Å²) in [4.78, 5) is 12.4. The van der Waals surface area contributed by atoms with Crippen molar-refractivity contribution in [2.75, 3.05) is 10.0 Å². The highest BCUT2D eigenvalue weighted by Gasteiger charge is 2.18. The molecular weight excluding hydrogens is 430 g/mol. The lowest BCUT2D eigenvalue weighted by Gasteiger charge is -2.11. The Morgan fingerprint density at radius 2 is 1.80 bits per heavy atom. The van der Waals surface area contributed by atoms with E-state index >= 15 is 0 Å². The number of anilines is 2. The zero-order valence-corrected chi connectivity index (χ0v) is 16.8. The summed E-state index contributed by atoms with van der Waals surface area (Å²) in [5.41, 5.74) is 0.537. The fourth-order valence-corrected chi connectivity index (χ4v) is 3.97. The minimum Gasteiger partial charge on any atom is -0.461 e. The van der Waals surface area contributed by atoms with Gasteiger partial charge in [0.2, 0.25) is 5.76 Å². The Bertz CT molecular complexity index is 1300. The Hall–Kier alpha value is -3.56. The van der Waals surface area contributed by atoms with Crippen LogP contribution in [0.25, 0.3) is 11.5 Å². The van der Waals surface area contributed by atoms with Gasteiger partial charge in [-0.1, -0.05) is 35.0 Å². The molecule has 2 N–H and O–H groups in total. The maximum Gasteiger partial charge on any atom is 0.277 e. The standard InChI is InChI=1S/C20H14ClN3O5S/c21-15-7-1-2-8-16(15)24-30(26,27)14-6-3-5-13(11-14)22-20(25)17-12-19(29-23-17)18-9-4-10-28-18/h1-12,24H,(H,22,25). The van der Waals surface area contributed by atoms with Crippen LogP contribution in [0.1, 0.15) is 10.5 Å². The molecule has 0 aliphatic rings. The van der Waals surface area contributed by atoms with E-state index in [1.165, 1.54) is 30.5 Å². The number of benzene rings is 2. The van der Waals surface area contributed by atoms with E-state index in [9.17, 15) is 13.2 Å².